The first-order chi connectivity index (χ1) is 11.4. The molecule has 0 spiro atoms. The van der Waals surface area contributed by atoms with Gasteiger partial charge in [0, 0.05) is 36.7 Å². The van der Waals surface area contributed by atoms with E-state index >= 15 is 0 Å². The Kier molecular flexibility index (Phi) is 5.14. The van der Waals surface area contributed by atoms with Crippen LogP contribution in [0.3, 0.4) is 0 Å². The van der Waals surface area contributed by atoms with Crippen LogP contribution in [0, 0.1) is 12.8 Å². The zero-order valence-electron chi connectivity index (χ0n) is 13.5. The van der Waals surface area contributed by atoms with Crippen LogP contribution >= 0.6 is 11.5 Å². The van der Waals surface area contributed by atoms with Crippen LogP contribution in [-0.4, -0.2) is 37.4 Å². The van der Waals surface area contributed by atoms with Gasteiger partial charge in [0.2, 0.25) is 5.13 Å². The van der Waals surface area contributed by atoms with Crippen LogP contribution in [0.2, 0.25) is 0 Å². The monoisotopic (exact) mass is 367 g/mol. The van der Waals surface area contributed by atoms with E-state index in [1.807, 2.05) is 31.2 Å². The molecule has 9 heteroatoms. The van der Waals surface area contributed by atoms with E-state index in [0.717, 1.165) is 48.0 Å². The summed E-state index contributed by atoms with van der Waals surface area (Å²) in [6.07, 6.45) is 1.97. The number of aromatic nitrogens is 2. The molecule has 1 saturated heterocycles. The number of benzene rings is 1. The summed E-state index contributed by atoms with van der Waals surface area (Å²) in [7, 11) is -3.64. The summed E-state index contributed by atoms with van der Waals surface area (Å²) < 4.78 is 29.0. The van der Waals surface area contributed by atoms with E-state index in [0.29, 0.717) is 6.54 Å². The number of nitrogens with one attached hydrogen (secondary N) is 1. The van der Waals surface area contributed by atoms with Crippen LogP contribution in [0.5, 0.6) is 0 Å². The Morgan fingerprint density at radius 2 is 2.21 bits per heavy atom. The van der Waals surface area contributed by atoms with Crippen molar-refractivity contribution >= 4 is 26.9 Å². The first-order valence-corrected chi connectivity index (χ1v) is 10.2. The predicted octanol–water partition coefficient (Wildman–Crippen LogP) is 1.52. The molecule has 1 unspecified atom stereocenters. The second-order valence-electron chi connectivity index (χ2n) is 6.06. The van der Waals surface area contributed by atoms with Crippen molar-refractivity contribution in [2.45, 2.75) is 19.8 Å². The molecule has 1 aliphatic heterocycles. The smallest absolute Gasteiger partial charge is 0.274 e. The summed E-state index contributed by atoms with van der Waals surface area (Å²) in [5.41, 5.74) is 2.19. The van der Waals surface area contributed by atoms with Gasteiger partial charge in [-0.25, -0.2) is 9.86 Å². The van der Waals surface area contributed by atoms with Gasteiger partial charge in [0.25, 0.3) is 10.2 Å². The quantitative estimate of drug-likeness (QED) is 0.834. The van der Waals surface area contributed by atoms with E-state index in [4.69, 9.17) is 5.14 Å². The lowest BCUT2D eigenvalue weighted by molar-refractivity contribution is 0.411. The molecule has 0 radical (unpaired) electrons. The Morgan fingerprint density at radius 1 is 1.42 bits per heavy atom. The second-order valence-corrected chi connectivity index (χ2v) is 8.17. The highest BCUT2D eigenvalue weighted by Crippen LogP contribution is 2.28. The lowest BCUT2D eigenvalue weighted by Gasteiger charge is -2.32. The zero-order valence-corrected chi connectivity index (χ0v) is 15.1. The minimum Gasteiger partial charge on any atom is -0.347 e. The molecule has 0 bridgehead atoms. The Bertz CT molecular complexity index is 806. The fraction of sp³-hybridized carbons (Fsp3) is 0.467. The summed E-state index contributed by atoms with van der Waals surface area (Å²) >= 11 is 1.39. The lowest BCUT2D eigenvalue weighted by atomic mass is 9.99. The molecule has 1 fully saturated rings. The van der Waals surface area contributed by atoms with Gasteiger partial charge in [-0.1, -0.05) is 24.3 Å². The van der Waals surface area contributed by atoms with E-state index in [2.05, 4.69) is 19.0 Å². The van der Waals surface area contributed by atoms with Crippen molar-refractivity contribution in [2.75, 3.05) is 24.5 Å². The maximum atomic E-state index is 11.1. The number of piperidine rings is 1. The fourth-order valence-corrected chi connectivity index (χ4v) is 4.10. The summed E-state index contributed by atoms with van der Waals surface area (Å²) in [6.45, 7) is 4.07. The predicted molar refractivity (Wildman–Crippen MR) is 96.1 cm³/mol. The largest absolute Gasteiger partial charge is 0.347 e. The molecule has 130 valence electrons. The summed E-state index contributed by atoms with van der Waals surface area (Å²) in [5.74, 6) is 0.973. The Hall–Kier alpha value is -1.55. The highest BCUT2D eigenvalue weighted by atomic mass is 32.2. The van der Waals surface area contributed by atoms with Gasteiger partial charge in [-0.2, -0.15) is 17.8 Å². The molecule has 0 aliphatic carbocycles. The zero-order chi connectivity index (χ0) is 17.2. The number of anilines is 1. The normalized spacial score (nSPS) is 18.8. The summed E-state index contributed by atoms with van der Waals surface area (Å²) in [5, 5.41) is 5.89. The van der Waals surface area contributed by atoms with E-state index < -0.39 is 10.2 Å². The average molecular weight is 368 g/mol. The number of hydrogen-bond acceptors (Lipinski definition) is 6. The molecule has 1 aliphatic rings. The minimum absolute atomic E-state index is 0.225. The number of nitrogens with two attached hydrogens (primary N) is 1. The van der Waals surface area contributed by atoms with Crippen LogP contribution in [0.1, 0.15) is 18.4 Å². The third-order valence-corrected chi connectivity index (χ3v) is 5.51. The standard InChI is InChI=1S/C15H21N5O2S2/c1-11-5-2-3-7-13(11)14-18-15(23-19-14)20-8-4-6-12(10-20)9-17-24(16,21)22/h2-3,5,7,12,17H,4,6,8-10H2,1H3,(H2,16,21,22). The van der Waals surface area contributed by atoms with Crippen molar-refractivity contribution in [1.29, 1.82) is 0 Å². The third-order valence-electron chi connectivity index (χ3n) is 4.16. The van der Waals surface area contributed by atoms with Gasteiger partial charge in [-0.15, -0.1) is 0 Å². The van der Waals surface area contributed by atoms with E-state index in [9.17, 15) is 8.42 Å². The van der Waals surface area contributed by atoms with Gasteiger partial charge < -0.3 is 4.90 Å². The van der Waals surface area contributed by atoms with Crippen LogP contribution < -0.4 is 14.8 Å². The van der Waals surface area contributed by atoms with Crippen molar-refractivity contribution in [2.24, 2.45) is 11.1 Å². The van der Waals surface area contributed by atoms with Crippen LogP contribution in [0.25, 0.3) is 11.4 Å². The van der Waals surface area contributed by atoms with E-state index in [1.54, 1.807) is 0 Å². The van der Waals surface area contributed by atoms with Crippen molar-refractivity contribution < 1.29 is 8.42 Å². The molecule has 7 nitrogen and oxygen atoms in total. The maximum Gasteiger partial charge on any atom is 0.274 e. The molecule has 1 aromatic carbocycles. The minimum atomic E-state index is -3.64. The van der Waals surface area contributed by atoms with Crippen molar-refractivity contribution in [3.8, 4) is 11.4 Å². The van der Waals surface area contributed by atoms with Gasteiger partial charge in [0.05, 0.1) is 0 Å². The molecular weight excluding hydrogens is 346 g/mol. The molecule has 1 atom stereocenters. The third kappa shape index (κ3) is 4.29. The van der Waals surface area contributed by atoms with E-state index in [-0.39, 0.29) is 5.92 Å². The highest BCUT2D eigenvalue weighted by molar-refractivity contribution is 7.87. The topological polar surface area (TPSA) is 101 Å². The van der Waals surface area contributed by atoms with Crippen LogP contribution in [-0.2, 0) is 10.2 Å². The first kappa shape index (κ1) is 17.3. The summed E-state index contributed by atoms with van der Waals surface area (Å²) in [4.78, 5) is 6.86. The maximum absolute atomic E-state index is 11.1. The van der Waals surface area contributed by atoms with Crippen molar-refractivity contribution in [3.05, 3.63) is 29.8 Å². The first-order valence-electron chi connectivity index (χ1n) is 7.84. The Balaban J connectivity index is 1.70. The average Bonchev–Trinajstić information content (AvgIpc) is 3.03. The van der Waals surface area contributed by atoms with Gasteiger partial charge in [-0.3, -0.25) is 0 Å². The van der Waals surface area contributed by atoms with Crippen molar-refractivity contribution in [3.63, 3.8) is 0 Å². The molecule has 2 heterocycles. The molecule has 0 amide bonds. The molecule has 2 aromatic rings. The van der Waals surface area contributed by atoms with E-state index in [1.165, 1.54) is 11.5 Å². The molecular formula is C15H21N5O2S2. The molecule has 24 heavy (non-hydrogen) atoms. The lowest BCUT2D eigenvalue weighted by Crippen LogP contribution is -2.42. The number of nitrogens with zero attached hydrogens (tertiary/aromatic N) is 3. The number of aryl methyl sites for hydroxylation is 1. The summed E-state index contributed by atoms with van der Waals surface area (Å²) in [6, 6.07) is 8.06. The van der Waals surface area contributed by atoms with Crippen LogP contribution in [0.4, 0.5) is 5.13 Å². The molecule has 3 N–H and O–H groups in total. The SMILES string of the molecule is Cc1ccccc1-c1nsc(N2CCCC(CNS(N)(=O)=O)C2)n1. The van der Waals surface area contributed by atoms with Gasteiger partial charge in [0.15, 0.2) is 5.82 Å². The molecule has 1 aromatic heterocycles. The van der Waals surface area contributed by atoms with Crippen LogP contribution in [0.15, 0.2) is 24.3 Å². The fourth-order valence-electron chi connectivity index (χ4n) is 2.92. The number of hydrogen-bond donors (Lipinski definition) is 2. The van der Waals surface area contributed by atoms with Gasteiger partial charge in [0.1, 0.15) is 0 Å². The Morgan fingerprint density at radius 3 is 2.96 bits per heavy atom. The molecule has 0 saturated carbocycles. The number of rotatable bonds is 5. The second kappa shape index (κ2) is 7.14. The Labute approximate surface area is 146 Å². The van der Waals surface area contributed by atoms with Crippen molar-refractivity contribution in [1.82, 2.24) is 14.1 Å². The van der Waals surface area contributed by atoms with Gasteiger partial charge in [-0.05, 0) is 31.2 Å². The van der Waals surface area contributed by atoms with Gasteiger partial charge >= 0.3 is 0 Å². The molecule has 3 rings (SSSR count). The highest BCUT2D eigenvalue weighted by Gasteiger charge is 2.23.